The quantitative estimate of drug-likeness (QED) is 0.317. The Morgan fingerprint density at radius 3 is 2.38 bits per heavy atom. The van der Waals surface area contributed by atoms with Gasteiger partial charge in [-0.2, -0.15) is 13.2 Å². The zero-order valence-electron chi connectivity index (χ0n) is 22.8. The summed E-state index contributed by atoms with van der Waals surface area (Å²) in [6, 6.07) is 19.5. The number of aromatic hydroxyl groups is 1. The van der Waals surface area contributed by atoms with Crippen molar-refractivity contribution in [3.8, 4) is 16.9 Å². The molecule has 2 heterocycles. The first-order valence-electron chi connectivity index (χ1n) is 13.3. The Bertz CT molecular complexity index is 1320. The third-order valence-electron chi connectivity index (χ3n) is 7.24. The highest BCUT2D eigenvalue weighted by molar-refractivity contribution is 5.66. The van der Waals surface area contributed by atoms with Gasteiger partial charge in [-0.1, -0.05) is 56.3 Å². The molecule has 3 aromatic rings. The van der Waals surface area contributed by atoms with E-state index in [4.69, 9.17) is 10.5 Å². The van der Waals surface area contributed by atoms with Crippen LogP contribution in [0.2, 0.25) is 0 Å². The molecule has 0 saturated carbocycles. The van der Waals surface area contributed by atoms with Crippen molar-refractivity contribution in [2.45, 2.75) is 50.4 Å². The molecule has 4 rings (SSSR count). The number of pyridine rings is 1. The predicted octanol–water partition coefficient (Wildman–Crippen LogP) is 5.64. The molecule has 9 heteroatoms. The van der Waals surface area contributed by atoms with E-state index in [0.717, 1.165) is 29.9 Å². The van der Waals surface area contributed by atoms with Crippen LogP contribution >= 0.6 is 0 Å². The lowest BCUT2D eigenvalue weighted by molar-refractivity contribution is -0.266. The summed E-state index contributed by atoms with van der Waals surface area (Å²) in [5, 5.41) is 21.7. The maximum Gasteiger partial charge on any atom is 0.417 e. The Kier molecular flexibility index (Phi) is 8.87. The molecule has 1 aliphatic rings. The minimum Gasteiger partial charge on any atom is -0.508 e. The second-order valence-electron chi connectivity index (χ2n) is 11.0. The molecule has 214 valence electrons. The molecular formula is C31H36F3N3O3. The number of halogens is 3. The number of phenols is 1. The average molecular weight is 556 g/mol. The van der Waals surface area contributed by atoms with Gasteiger partial charge in [-0.3, -0.25) is 9.88 Å². The van der Waals surface area contributed by atoms with Crippen LogP contribution in [0.3, 0.4) is 0 Å². The number of nitrogens with zero attached hydrogens (tertiary/aromatic N) is 2. The van der Waals surface area contributed by atoms with Crippen LogP contribution in [0.4, 0.5) is 13.2 Å². The molecule has 2 aromatic carbocycles. The second kappa shape index (κ2) is 12.0. The van der Waals surface area contributed by atoms with Crippen molar-refractivity contribution in [3.63, 3.8) is 0 Å². The number of morpholine rings is 1. The second-order valence-corrected chi connectivity index (χ2v) is 11.0. The standard InChI is InChI=1S/C31H36F3N3O3/c1-29(2,27-17-23(11-12-28(27)38)22-7-4-3-5-8-22)21-30(39,31(32,33)34)19-24(35)18-25-9-6-10-26(36-25)20-37-13-15-40-16-14-37/h3-12,17-18,38-39H,13-16,19-21,35H2,1-2H3/b24-18-. The van der Waals surface area contributed by atoms with E-state index in [0.29, 0.717) is 31.0 Å². The number of aliphatic hydroxyl groups is 1. The average Bonchev–Trinajstić information content (AvgIpc) is 2.89. The number of rotatable bonds is 9. The van der Waals surface area contributed by atoms with Crippen molar-refractivity contribution in [2.75, 3.05) is 26.3 Å². The van der Waals surface area contributed by atoms with E-state index in [9.17, 15) is 23.4 Å². The van der Waals surface area contributed by atoms with Crippen molar-refractivity contribution >= 4 is 6.08 Å². The van der Waals surface area contributed by atoms with Crippen molar-refractivity contribution in [1.82, 2.24) is 9.88 Å². The number of hydrogen-bond donors (Lipinski definition) is 3. The predicted molar refractivity (Wildman–Crippen MR) is 149 cm³/mol. The van der Waals surface area contributed by atoms with Gasteiger partial charge in [-0.15, -0.1) is 0 Å². The van der Waals surface area contributed by atoms with Gasteiger partial charge in [0.15, 0.2) is 5.60 Å². The summed E-state index contributed by atoms with van der Waals surface area (Å²) in [5.41, 5.74) is 4.65. The van der Waals surface area contributed by atoms with Crippen molar-refractivity contribution in [2.24, 2.45) is 5.73 Å². The molecule has 0 amide bonds. The molecule has 6 nitrogen and oxygen atoms in total. The van der Waals surface area contributed by atoms with Crippen molar-refractivity contribution < 1.29 is 28.1 Å². The Balaban J connectivity index is 1.56. The number of aromatic nitrogens is 1. The van der Waals surface area contributed by atoms with E-state index >= 15 is 0 Å². The Hall–Kier alpha value is -3.40. The number of alkyl halides is 3. The van der Waals surface area contributed by atoms with Crippen LogP contribution in [-0.4, -0.2) is 58.2 Å². The third-order valence-corrected chi connectivity index (χ3v) is 7.24. The highest BCUT2D eigenvalue weighted by atomic mass is 19.4. The molecule has 1 unspecified atom stereocenters. The molecule has 1 saturated heterocycles. The van der Waals surface area contributed by atoms with E-state index in [2.05, 4.69) is 9.88 Å². The first-order valence-corrected chi connectivity index (χ1v) is 13.3. The van der Waals surface area contributed by atoms with Crippen LogP contribution in [0.15, 0.2) is 72.4 Å². The van der Waals surface area contributed by atoms with Gasteiger partial charge in [0, 0.05) is 37.3 Å². The first-order chi connectivity index (χ1) is 18.9. The van der Waals surface area contributed by atoms with Crippen LogP contribution in [0.1, 0.15) is 43.6 Å². The zero-order chi connectivity index (χ0) is 29.0. The van der Waals surface area contributed by atoms with E-state index < -0.39 is 30.0 Å². The summed E-state index contributed by atoms with van der Waals surface area (Å²) in [6.45, 7) is 6.59. The van der Waals surface area contributed by atoms with Crippen molar-refractivity contribution in [1.29, 1.82) is 0 Å². The van der Waals surface area contributed by atoms with E-state index in [1.807, 2.05) is 36.4 Å². The fourth-order valence-corrected chi connectivity index (χ4v) is 5.21. The lowest BCUT2D eigenvalue weighted by Gasteiger charge is -2.38. The largest absolute Gasteiger partial charge is 0.508 e. The highest BCUT2D eigenvalue weighted by Crippen LogP contribution is 2.46. The molecule has 0 bridgehead atoms. The van der Waals surface area contributed by atoms with Gasteiger partial charge < -0.3 is 20.7 Å². The fraction of sp³-hybridized carbons (Fsp3) is 0.387. The highest BCUT2D eigenvalue weighted by Gasteiger charge is 2.56. The maximum absolute atomic E-state index is 14.4. The third kappa shape index (κ3) is 7.21. The van der Waals surface area contributed by atoms with Gasteiger partial charge >= 0.3 is 6.18 Å². The molecule has 0 spiro atoms. The SMILES string of the molecule is CC(C)(CC(O)(C/C(N)=C/c1cccc(CN2CCOCC2)n1)C(F)(F)F)c1cc(-c2ccccc2)ccc1O. The van der Waals surface area contributed by atoms with Gasteiger partial charge in [0.2, 0.25) is 0 Å². The topological polar surface area (TPSA) is 91.8 Å². The molecule has 1 fully saturated rings. The lowest BCUT2D eigenvalue weighted by Crippen LogP contribution is -2.50. The Morgan fingerprint density at radius 2 is 1.70 bits per heavy atom. The number of nitrogens with two attached hydrogens (primary N) is 1. The Morgan fingerprint density at radius 1 is 1.00 bits per heavy atom. The summed E-state index contributed by atoms with van der Waals surface area (Å²) < 4.78 is 48.5. The fourth-order valence-electron chi connectivity index (χ4n) is 5.21. The van der Waals surface area contributed by atoms with Crippen LogP contribution in [0, 0.1) is 0 Å². The molecule has 4 N–H and O–H groups in total. The summed E-state index contributed by atoms with van der Waals surface area (Å²) in [7, 11) is 0. The molecule has 0 aliphatic carbocycles. The molecular weight excluding hydrogens is 519 g/mol. The van der Waals surface area contributed by atoms with Gasteiger partial charge in [0.05, 0.1) is 24.6 Å². The maximum atomic E-state index is 14.4. The zero-order valence-corrected chi connectivity index (χ0v) is 22.8. The van der Waals surface area contributed by atoms with Gasteiger partial charge in [-0.25, -0.2) is 0 Å². The van der Waals surface area contributed by atoms with Crippen LogP contribution in [0.5, 0.6) is 5.75 Å². The smallest absolute Gasteiger partial charge is 0.417 e. The van der Waals surface area contributed by atoms with E-state index in [1.54, 1.807) is 38.1 Å². The van der Waals surface area contributed by atoms with Crippen LogP contribution < -0.4 is 5.73 Å². The number of ether oxygens (including phenoxy) is 1. The summed E-state index contributed by atoms with van der Waals surface area (Å²) in [4.78, 5) is 6.73. The summed E-state index contributed by atoms with van der Waals surface area (Å²) in [6.07, 6.45) is -5.15. The lowest BCUT2D eigenvalue weighted by atomic mass is 9.72. The van der Waals surface area contributed by atoms with Gasteiger partial charge in [0.25, 0.3) is 0 Å². The summed E-state index contributed by atoms with van der Waals surface area (Å²) in [5.74, 6) is -0.140. The molecule has 40 heavy (non-hydrogen) atoms. The minimum absolute atomic E-state index is 0.140. The van der Waals surface area contributed by atoms with Crippen LogP contribution in [-0.2, 0) is 16.7 Å². The molecule has 0 radical (unpaired) electrons. The number of benzene rings is 2. The Labute approximate surface area is 232 Å². The van der Waals surface area contributed by atoms with Gasteiger partial charge in [-0.05, 0) is 53.3 Å². The first kappa shape index (κ1) is 29.6. The summed E-state index contributed by atoms with van der Waals surface area (Å²) >= 11 is 0. The van der Waals surface area contributed by atoms with Crippen LogP contribution in [0.25, 0.3) is 17.2 Å². The minimum atomic E-state index is -4.97. The monoisotopic (exact) mass is 555 g/mol. The van der Waals surface area contributed by atoms with Crippen molar-refractivity contribution in [3.05, 3.63) is 89.4 Å². The van der Waals surface area contributed by atoms with E-state index in [1.165, 1.54) is 12.1 Å². The molecule has 1 atom stereocenters. The molecule has 1 aromatic heterocycles. The van der Waals surface area contributed by atoms with E-state index in [-0.39, 0.29) is 11.4 Å². The normalized spacial score (nSPS) is 17.0. The molecule has 1 aliphatic heterocycles. The van der Waals surface area contributed by atoms with Gasteiger partial charge in [0.1, 0.15) is 5.75 Å². The number of phenolic OH excluding ortho intramolecular Hbond substituents is 1. The number of hydrogen-bond acceptors (Lipinski definition) is 6.